The van der Waals surface area contributed by atoms with E-state index in [2.05, 4.69) is 0 Å². The van der Waals surface area contributed by atoms with Crippen molar-refractivity contribution in [2.75, 3.05) is 4.90 Å². The fraction of sp³-hybridized carbons (Fsp3) is 0.235. The number of carbonyl (C=O) groups excluding carboxylic acids is 1. The highest BCUT2D eigenvalue weighted by Gasteiger charge is 2.40. The van der Waals surface area contributed by atoms with E-state index < -0.39 is 29.2 Å². The summed E-state index contributed by atoms with van der Waals surface area (Å²) in [5, 5.41) is 0. The van der Waals surface area contributed by atoms with Gasteiger partial charge in [-0.25, -0.2) is 4.39 Å². The van der Waals surface area contributed by atoms with Crippen molar-refractivity contribution in [1.29, 1.82) is 0 Å². The van der Waals surface area contributed by atoms with Crippen LogP contribution in [0.1, 0.15) is 24.0 Å². The van der Waals surface area contributed by atoms with Gasteiger partial charge in [-0.05, 0) is 36.6 Å². The third-order valence-corrected chi connectivity index (χ3v) is 3.83. The van der Waals surface area contributed by atoms with Crippen molar-refractivity contribution < 1.29 is 22.4 Å². The normalized spacial score (nSPS) is 15.3. The van der Waals surface area contributed by atoms with Gasteiger partial charge in [0.25, 0.3) is 0 Å². The summed E-state index contributed by atoms with van der Waals surface area (Å²) in [6.07, 6.45) is -3.64. The van der Waals surface area contributed by atoms with Gasteiger partial charge in [-0.3, -0.25) is 9.69 Å². The van der Waals surface area contributed by atoms with Gasteiger partial charge in [0.2, 0.25) is 5.91 Å². The first-order valence-corrected chi connectivity index (χ1v) is 7.16. The number of hydrogen-bond acceptors (Lipinski definition) is 1. The summed E-state index contributed by atoms with van der Waals surface area (Å²) in [6.45, 7) is 0. The third-order valence-electron chi connectivity index (χ3n) is 3.83. The predicted octanol–water partition coefficient (Wildman–Crippen LogP) is 4.85. The van der Waals surface area contributed by atoms with Crippen molar-refractivity contribution in [1.82, 2.24) is 0 Å². The average molecular weight is 323 g/mol. The lowest BCUT2D eigenvalue weighted by Gasteiger charge is -2.26. The van der Waals surface area contributed by atoms with Crippen molar-refractivity contribution in [3.63, 3.8) is 0 Å². The molecule has 1 amide bonds. The number of halogens is 4. The first-order valence-electron chi connectivity index (χ1n) is 7.16. The van der Waals surface area contributed by atoms with Gasteiger partial charge in [-0.1, -0.05) is 24.3 Å². The number of anilines is 2. The van der Waals surface area contributed by atoms with Crippen LogP contribution in [-0.2, 0) is 17.4 Å². The molecule has 0 saturated heterocycles. The summed E-state index contributed by atoms with van der Waals surface area (Å²) >= 11 is 0. The van der Waals surface area contributed by atoms with Crippen LogP contribution in [0, 0.1) is 5.82 Å². The van der Waals surface area contributed by atoms with Gasteiger partial charge in [0.15, 0.2) is 0 Å². The van der Waals surface area contributed by atoms with Crippen LogP contribution in [0.5, 0.6) is 0 Å². The highest BCUT2D eigenvalue weighted by molar-refractivity contribution is 6.02. The molecular weight excluding hydrogens is 310 g/mol. The molecule has 0 aromatic heterocycles. The molecule has 120 valence electrons. The Balaban J connectivity index is 2.26. The van der Waals surface area contributed by atoms with Crippen LogP contribution < -0.4 is 4.90 Å². The number of rotatable bonds is 1. The maximum atomic E-state index is 13.8. The summed E-state index contributed by atoms with van der Waals surface area (Å²) in [6, 6.07) is 9.84. The Bertz CT molecular complexity index is 754. The number of carbonyl (C=O) groups is 1. The van der Waals surface area contributed by atoms with Crippen LogP contribution in [0.15, 0.2) is 42.5 Å². The first kappa shape index (κ1) is 15.5. The molecule has 2 aromatic carbocycles. The van der Waals surface area contributed by atoms with E-state index in [0.717, 1.165) is 22.6 Å². The standard InChI is InChI=1S/C17H13F4NO/c18-12-7-4-9-14(16(12)17(19,20)21)22-13-8-2-1-5-11(13)6-3-10-15(22)23/h1-2,4-5,7-9H,3,6,10H2. The molecule has 3 rings (SSSR count). The third kappa shape index (κ3) is 2.81. The summed E-state index contributed by atoms with van der Waals surface area (Å²) < 4.78 is 53.7. The quantitative estimate of drug-likeness (QED) is 0.687. The molecule has 23 heavy (non-hydrogen) atoms. The molecule has 1 aliphatic heterocycles. The van der Waals surface area contributed by atoms with Crippen LogP contribution in [0.25, 0.3) is 0 Å². The van der Waals surface area contributed by atoms with Crippen molar-refractivity contribution in [3.05, 3.63) is 59.4 Å². The minimum atomic E-state index is -4.89. The summed E-state index contributed by atoms with van der Waals surface area (Å²) in [7, 11) is 0. The van der Waals surface area contributed by atoms with E-state index >= 15 is 0 Å². The average Bonchev–Trinajstić information content (AvgIpc) is 2.63. The van der Waals surface area contributed by atoms with Crippen molar-refractivity contribution in [2.45, 2.75) is 25.4 Å². The molecule has 0 spiro atoms. The predicted molar refractivity (Wildman–Crippen MR) is 77.9 cm³/mol. The Morgan fingerprint density at radius 1 is 0.913 bits per heavy atom. The molecule has 0 radical (unpaired) electrons. The molecule has 0 bridgehead atoms. The minimum absolute atomic E-state index is 0.114. The SMILES string of the molecule is O=C1CCCc2ccccc2N1c1cccc(F)c1C(F)(F)F. The van der Waals surface area contributed by atoms with Crippen LogP contribution in [0.4, 0.5) is 28.9 Å². The van der Waals surface area contributed by atoms with E-state index in [1.165, 1.54) is 6.07 Å². The van der Waals surface area contributed by atoms with Crippen molar-refractivity contribution in [3.8, 4) is 0 Å². The summed E-state index contributed by atoms with van der Waals surface area (Å²) in [4.78, 5) is 13.4. The molecule has 0 aliphatic carbocycles. The molecule has 6 heteroatoms. The Hall–Kier alpha value is -2.37. The van der Waals surface area contributed by atoms with E-state index in [1.54, 1.807) is 24.3 Å². The van der Waals surface area contributed by atoms with E-state index in [9.17, 15) is 22.4 Å². The van der Waals surface area contributed by atoms with E-state index in [4.69, 9.17) is 0 Å². The van der Waals surface area contributed by atoms with Gasteiger partial charge in [0.1, 0.15) is 11.4 Å². The van der Waals surface area contributed by atoms with E-state index in [1.807, 2.05) is 0 Å². The van der Waals surface area contributed by atoms with E-state index in [-0.39, 0.29) is 6.42 Å². The lowest BCUT2D eigenvalue weighted by Crippen LogP contribution is -2.28. The molecule has 0 N–H and O–H groups in total. The molecule has 1 heterocycles. The van der Waals surface area contributed by atoms with Crippen molar-refractivity contribution in [2.24, 2.45) is 0 Å². The number of hydrogen-bond donors (Lipinski definition) is 0. The molecule has 0 atom stereocenters. The number of nitrogens with zero attached hydrogens (tertiary/aromatic N) is 1. The highest BCUT2D eigenvalue weighted by Crippen LogP contribution is 2.42. The van der Waals surface area contributed by atoms with Gasteiger partial charge >= 0.3 is 6.18 Å². The Morgan fingerprint density at radius 2 is 1.61 bits per heavy atom. The van der Waals surface area contributed by atoms with Crippen LogP contribution in [-0.4, -0.2) is 5.91 Å². The molecule has 2 nitrogen and oxygen atoms in total. The summed E-state index contributed by atoms with van der Waals surface area (Å²) in [5.74, 6) is -1.85. The lowest BCUT2D eigenvalue weighted by molar-refractivity contribution is -0.139. The largest absolute Gasteiger partial charge is 0.421 e. The van der Waals surface area contributed by atoms with Crippen molar-refractivity contribution >= 4 is 17.3 Å². The Labute approximate surface area is 130 Å². The molecule has 1 aliphatic rings. The fourth-order valence-electron chi connectivity index (χ4n) is 2.86. The fourth-order valence-corrected chi connectivity index (χ4v) is 2.86. The van der Waals surface area contributed by atoms with Gasteiger partial charge < -0.3 is 0 Å². The molecule has 0 saturated carbocycles. The van der Waals surface area contributed by atoms with Gasteiger partial charge in [0, 0.05) is 6.42 Å². The highest BCUT2D eigenvalue weighted by atomic mass is 19.4. The Kier molecular flexibility index (Phi) is 3.83. The van der Waals surface area contributed by atoms with Gasteiger partial charge in [-0.2, -0.15) is 13.2 Å². The zero-order valence-corrected chi connectivity index (χ0v) is 12.0. The number of aryl methyl sites for hydroxylation is 1. The monoisotopic (exact) mass is 323 g/mol. The van der Waals surface area contributed by atoms with Crippen LogP contribution in [0.2, 0.25) is 0 Å². The second-order valence-electron chi connectivity index (χ2n) is 5.34. The van der Waals surface area contributed by atoms with E-state index in [0.29, 0.717) is 18.5 Å². The molecule has 0 fully saturated rings. The zero-order valence-electron chi connectivity index (χ0n) is 12.0. The first-order chi connectivity index (χ1) is 10.9. The number of para-hydroxylation sites is 1. The maximum absolute atomic E-state index is 13.8. The van der Waals surface area contributed by atoms with Gasteiger partial charge in [0.05, 0.1) is 11.4 Å². The van der Waals surface area contributed by atoms with Crippen LogP contribution >= 0.6 is 0 Å². The lowest BCUT2D eigenvalue weighted by atomic mass is 10.1. The molecule has 0 unspecified atom stereocenters. The van der Waals surface area contributed by atoms with Crippen LogP contribution in [0.3, 0.4) is 0 Å². The maximum Gasteiger partial charge on any atom is 0.421 e. The topological polar surface area (TPSA) is 20.3 Å². The number of benzene rings is 2. The number of amides is 1. The van der Waals surface area contributed by atoms with Gasteiger partial charge in [-0.15, -0.1) is 0 Å². The second kappa shape index (κ2) is 5.68. The molecular formula is C17H13F4NO. The Morgan fingerprint density at radius 3 is 2.35 bits per heavy atom. The second-order valence-corrected chi connectivity index (χ2v) is 5.34. The minimum Gasteiger partial charge on any atom is -0.280 e. The number of alkyl halides is 3. The summed E-state index contributed by atoms with van der Waals surface area (Å²) in [5.41, 5.74) is -0.719. The molecule has 2 aromatic rings. The number of fused-ring (bicyclic) bond motifs is 1. The smallest absolute Gasteiger partial charge is 0.280 e. The zero-order chi connectivity index (χ0) is 16.6.